The number of piperidine rings is 1. The van der Waals surface area contributed by atoms with Crippen molar-refractivity contribution in [2.24, 2.45) is 0 Å². The van der Waals surface area contributed by atoms with E-state index < -0.39 is 0 Å². The van der Waals surface area contributed by atoms with Crippen LogP contribution in [-0.4, -0.2) is 44.1 Å². The fraction of sp³-hybridized carbons (Fsp3) is 0.556. The maximum atomic E-state index is 12.6. The van der Waals surface area contributed by atoms with Crippen molar-refractivity contribution in [1.29, 1.82) is 0 Å². The smallest absolute Gasteiger partial charge is 0.222 e. The summed E-state index contributed by atoms with van der Waals surface area (Å²) in [4.78, 5) is 23.4. The number of carbonyl (C=O) groups is 1. The highest BCUT2D eigenvalue weighted by Gasteiger charge is 2.26. The third-order valence-corrected chi connectivity index (χ3v) is 4.84. The minimum absolute atomic E-state index is 0.223. The largest absolute Gasteiger partial charge is 0.342 e. The van der Waals surface area contributed by atoms with Gasteiger partial charge in [-0.25, -0.2) is 0 Å². The summed E-state index contributed by atoms with van der Waals surface area (Å²) in [5.74, 6) is 0.521. The Hall–Kier alpha value is -2.24. The number of carbonyl (C=O) groups excluding carboxylic acids is 1. The van der Waals surface area contributed by atoms with Crippen LogP contribution < -0.4 is 0 Å². The van der Waals surface area contributed by atoms with Crippen molar-refractivity contribution in [2.75, 3.05) is 13.1 Å². The van der Waals surface area contributed by atoms with Crippen molar-refractivity contribution in [3.05, 3.63) is 40.7 Å². The van der Waals surface area contributed by atoms with Crippen molar-refractivity contribution in [1.82, 2.24) is 25.1 Å². The molecule has 0 aliphatic carbocycles. The first-order valence-corrected chi connectivity index (χ1v) is 8.61. The second-order valence-electron chi connectivity index (χ2n) is 6.68. The first-order valence-electron chi connectivity index (χ1n) is 8.61. The molecule has 3 rings (SSSR count). The lowest BCUT2D eigenvalue weighted by atomic mass is 9.94. The molecule has 1 fully saturated rings. The Balaban J connectivity index is 1.61. The topological polar surface area (TPSA) is 74.8 Å². The zero-order valence-electron chi connectivity index (χ0n) is 14.7. The highest BCUT2D eigenvalue weighted by molar-refractivity contribution is 5.76. The van der Waals surface area contributed by atoms with Crippen molar-refractivity contribution < 1.29 is 4.79 Å². The Morgan fingerprint density at radius 1 is 1.33 bits per heavy atom. The van der Waals surface area contributed by atoms with Crippen LogP contribution in [0.3, 0.4) is 0 Å². The summed E-state index contributed by atoms with van der Waals surface area (Å²) in [5, 5.41) is 7.19. The molecule has 6 nitrogen and oxygen atoms in total. The molecule has 1 aliphatic rings. The predicted octanol–water partition coefficient (Wildman–Crippen LogP) is 2.46. The number of rotatable bonds is 4. The van der Waals surface area contributed by atoms with E-state index >= 15 is 0 Å². The number of nitrogens with one attached hydrogen (secondary N) is 1. The van der Waals surface area contributed by atoms with Crippen LogP contribution in [0.4, 0.5) is 0 Å². The van der Waals surface area contributed by atoms with Gasteiger partial charge in [0, 0.05) is 43.5 Å². The van der Waals surface area contributed by atoms with Gasteiger partial charge in [-0.3, -0.25) is 19.9 Å². The lowest BCUT2D eigenvalue weighted by Gasteiger charge is -2.32. The van der Waals surface area contributed by atoms with Crippen molar-refractivity contribution >= 4 is 5.91 Å². The van der Waals surface area contributed by atoms with Gasteiger partial charge in [0.25, 0.3) is 0 Å². The summed E-state index contributed by atoms with van der Waals surface area (Å²) < 4.78 is 0. The van der Waals surface area contributed by atoms with Gasteiger partial charge in [0.05, 0.1) is 17.1 Å². The van der Waals surface area contributed by atoms with Gasteiger partial charge in [-0.2, -0.15) is 5.10 Å². The Morgan fingerprint density at radius 2 is 2.17 bits per heavy atom. The average Bonchev–Trinajstić information content (AvgIpc) is 2.91. The third kappa shape index (κ3) is 3.63. The van der Waals surface area contributed by atoms with Gasteiger partial charge in [0.15, 0.2) is 0 Å². The van der Waals surface area contributed by atoms with Crippen LogP contribution in [0.1, 0.15) is 53.5 Å². The van der Waals surface area contributed by atoms with E-state index in [0.29, 0.717) is 12.3 Å². The molecule has 0 radical (unpaired) electrons. The second-order valence-corrected chi connectivity index (χ2v) is 6.68. The van der Waals surface area contributed by atoms with Crippen LogP contribution in [0.15, 0.2) is 12.4 Å². The summed E-state index contributed by atoms with van der Waals surface area (Å²) in [6, 6.07) is 0. The number of likely N-dealkylation sites (tertiary alicyclic amines) is 1. The van der Waals surface area contributed by atoms with Crippen molar-refractivity contribution in [2.45, 2.75) is 52.4 Å². The molecule has 24 heavy (non-hydrogen) atoms. The molecule has 1 N–H and O–H groups in total. The molecular weight excluding hydrogens is 302 g/mol. The summed E-state index contributed by atoms with van der Waals surface area (Å²) in [7, 11) is 0. The van der Waals surface area contributed by atoms with E-state index in [1.165, 1.54) is 5.56 Å². The van der Waals surface area contributed by atoms with E-state index in [-0.39, 0.29) is 5.91 Å². The standard InChI is InChI=1S/C18H25N5O/c1-12-9-19-10-17(20-12)15-5-4-8-23(11-15)18(24)7-6-16-13(2)21-22-14(16)3/h9-10,15H,4-8,11H2,1-3H3,(H,21,22)/t15-/m0/s1. The molecule has 1 saturated heterocycles. The Kier molecular flexibility index (Phi) is 4.92. The molecule has 2 aromatic rings. The summed E-state index contributed by atoms with van der Waals surface area (Å²) in [6.45, 7) is 7.54. The molecule has 2 aromatic heterocycles. The lowest BCUT2D eigenvalue weighted by Crippen LogP contribution is -2.39. The number of hydrogen-bond acceptors (Lipinski definition) is 4. The molecule has 0 bridgehead atoms. The highest BCUT2D eigenvalue weighted by atomic mass is 16.2. The molecule has 3 heterocycles. The predicted molar refractivity (Wildman–Crippen MR) is 91.7 cm³/mol. The summed E-state index contributed by atoms with van der Waals surface area (Å²) in [6.07, 6.45) is 6.98. The van der Waals surface area contributed by atoms with Gasteiger partial charge in [-0.1, -0.05) is 0 Å². The van der Waals surface area contributed by atoms with Crippen LogP contribution in [0.5, 0.6) is 0 Å². The minimum atomic E-state index is 0.223. The number of aromatic amines is 1. The quantitative estimate of drug-likeness (QED) is 0.936. The Labute approximate surface area is 142 Å². The zero-order valence-corrected chi connectivity index (χ0v) is 14.7. The first kappa shape index (κ1) is 16.6. The van der Waals surface area contributed by atoms with E-state index in [2.05, 4.69) is 20.2 Å². The van der Waals surface area contributed by atoms with Gasteiger partial charge in [0.1, 0.15) is 0 Å². The number of H-pyrrole nitrogens is 1. The van der Waals surface area contributed by atoms with E-state index in [0.717, 1.165) is 55.1 Å². The SMILES string of the molecule is Cc1cncc([C@H]2CCCN(C(=O)CCc3c(C)n[nH]c3C)C2)n1. The van der Waals surface area contributed by atoms with Gasteiger partial charge < -0.3 is 4.90 Å². The molecule has 6 heteroatoms. The van der Waals surface area contributed by atoms with E-state index in [9.17, 15) is 4.79 Å². The maximum absolute atomic E-state index is 12.6. The van der Waals surface area contributed by atoms with Crippen LogP contribution >= 0.6 is 0 Å². The van der Waals surface area contributed by atoms with E-state index in [1.54, 1.807) is 6.20 Å². The van der Waals surface area contributed by atoms with Crippen molar-refractivity contribution in [3.8, 4) is 0 Å². The monoisotopic (exact) mass is 327 g/mol. The maximum Gasteiger partial charge on any atom is 0.222 e. The zero-order chi connectivity index (χ0) is 17.1. The van der Waals surface area contributed by atoms with Crippen LogP contribution in [0, 0.1) is 20.8 Å². The van der Waals surface area contributed by atoms with Gasteiger partial charge in [-0.15, -0.1) is 0 Å². The summed E-state index contributed by atoms with van der Waals surface area (Å²) >= 11 is 0. The van der Waals surface area contributed by atoms with Crippen LogP contribution in [-0.2, 0) is 11.2 Å². The van der Waals surface area contributed by atoms with Gasteiger partial charge in [0.2, 0.25) is 5.91 Å². The number of aromatic nitrogens is 4. The normalized spacial score (nSPS) is 18.0. The average molecular weight is 327 g/mol. The molecule has 0 saturated carbocycles. The van der Waals surface area contributed by atoms with Gasteiger partial charge >= 0.3 is 0 Å². The van der Waals surface area contributed by atoms with E-state index in [4.69, 9.17) is 0 Å². The van der Waals surface area contributed by atoms with Crippen molar-refractivity contribution in [3.63, 3.8) is 0 Å². The molecule has 128 valence electrons. The third-order valence-electron chi connectivity index (χ3n) is 4.84. The van der Waals surface area contributed by atoms with Crippen LogP contribution in [0.2, 0.25) is 0 Å². The molecule has 0 spiro atoms. The molecule has 1 aliphatic heterocycles. The molecular formula is C18H25N5O. The van der Waals surface area contributed by atoms with Gasteiger partial charge in [-0.05, 0) is 45.6 Å². The minimum Gasteiger partial charge on any atom is -0.342 e. The fourth-order valence-corrected chi connectivity index (χ4v) is 3.46. The fourth-order valence-electron chi connectivity index (χ4n) is 3.46. The number of aryl methyl sites for hydroxylation is 3. The highest BCUT2D eigenvalue weighted by Crippen LogP contribution is 2.26. The molecule has 1 atom stereocenters. The summed E-state index contributed by atoms with van der Waals surface area (Å²) in [5.41, 5.74) is 5.16. The Morgan fingerprint density at radius 3 is 2.88 bits per heavy atom. The first-order chi connectivity index (χ1) is 11.5. The van der Waals surface area contributed by atoms with E-state index in [1.807, 2.05) is 31.9 Å². The lowest BCUT2D eigenvalue weighted by molar-refractivity contribution is -0.132. The molecule has 0 unspecified atom stereocenters. The number of hydrogen-bond donors (Lipinski definition) is 1. The molecule has 0 aromatic carbocycles. The Bertz CT molecular complexity index is 704. The molecule has 1 amide bonds. The number of amides is 1. The second kappa shape index (κ2) is 7.11. The van der Waals surface area contributed by atoms with Crippen LogP contribution in [0.25, 0.3) is 0 Å². The number of nitrogens with zero attached hydrogens (tertiary/aromatic N) is 4.